The van der Waals surface area contributed by atoms with E-state index in [4.69, 9.17) is 9.84 Å². The summed E-state index contributed by atoms with van der Waals surface area (Å²) in [5, 5.41) is 9.37. The fraction of sp³-hybridized carbons (Fsp3) is 0.533. The van der Waals surface area contributed by atoms with Gasteiger partial charge in [0.1, 0.15) is 0 Å². The monoisotopic (exact) mass is 261 g/mol. The first-order valence-corrected chi connectivity index (χ1v) is 6.94. The molecule has 0 amide bonds. The van der Waals surface area contributed by atoms with E-state index in [0.717, 1.165) is 31.7 Å². The predicted molar refractivity (Wildman–Crippen MR) is 78.2 cm³/mol. The van der Waals surface area contributed by atoms with Crippen LogP contribution in [-0.4, -0.2) is 29.5 Å². The van der Waals surface area contributed by atoms with Crippen LogP contribution in [0.15, 0.2) is 24.3 Å². The van der Waals surface area contributed by atoms with Gasteiger partial charge in [0.2, 0.25) is 0 Å². The number of hydrogen-bond acceptors (Lipinski definition) is 3. The Morgan fingerprint density at radius 3 is 2.89 bits per heavy atom. The molecule has 4 nitrogen and oxygen atoms in total. The molecule has 1 aromatic carbocycles. The molecule has 0 bridgehead atoms. The van der Waals surface area contributed by atoms with Gasteiger partial charge in [0.25, 0.3) is 0 Å². The summed E-state index contributed by atoms with van der Waals surface area (Å²) >= 11 is 0. The number of nitrogens with zero attached hydrogens (tertiary/aromatic N) is 2. The quantitative estimate of drug-likeness (QED) is 0.779. The molecule has 1 aromatic heterocycles. The fourth-order valence-corrected chi connectivity index (χ4v) is 2.17. The molecule has 1 N–H and O–H groups in total. The van der Waals surface area contributed by atoms with Crippen LogP contribution in [0.25, 0.3) is 10.9 Å². The average Bonchev–Trinajstić information content (AvgIpc) is 2.78. The van der Waals surface area contributed by atoms with Gasteiger partial charge in [-0.15, -0.1) is 0 Å². The Labute approximate surface area is 114 Å². The number of hydrogen-bond donors (Lipinski definition) is 1. The third-order valence-corrected chi connectivity index (χ3v) is 3.29. The van der Waals surface area contributed by atoms with Gasteiger partial charge in [0, 0.05) is 19.0 Å². The number of rotatable bonds is 7. The fourth-order valence-electron chi connectivity index (χ4n) is 2.17. The van der Waals surface area contributed by atoms with Crippen molar-refractivity contribution in [3.05, 3.63) is 30.0 Å². The summed E-state index contributed by atoms with van der Waals surface area (Å²) in [4.78, 5) is 0. The van der Waals surface area contributed by atoms with Crippen molar-refractivity contribution in [2.45, 2.75) is 39.5 Å². The number of ether oxygens (including phenoxy) is 1. The molecule has 1 atom stereocenters. The van der Waals surface area contributed by atoms with Crippen molar-refractivity contribution in [2.24, 2.45) is 0 Å². The third kappa shape index (κ3) is 3.33. The zero-order chi connectivity index (χ0) is 13.7. The summed E-state index contributed by atoms with van der Waals surface area (Å²) < 4.78 is 7.38. The summed E-state index contributed by atoms with van der Waals surface area (Å²) in [6.07, 6.45) is 1.30. The molecule has 0 saturated heterocycles. The van der Waals surface area contributed by atoms with Gasteiger partial charge in [-0.05, 0) is 26.0 Å². The Morgan fingerprint density at radius 1 is 1.37 bits per heavy atom. The topological polar surface area (TPSA) is 39.1 Å². The van der Waals surface area contributed by atoms with Crippen LogP contribution in [0.5, 0.6) is 0 Å². The van der Waals surface area contributed by atoms with Crippen LogP contribution in [0, 0.1) is 0 Å². The second-order valence-corrected chi connectivity index (χ2v) is 4.87. The van der Waals surface area contributed by atoms with Crippen LogP contribution in [0.4, 0.5) is 0 Å². The Kier molecular flexibility index (Phi) is 4.93. The smallest absolute Gasteiger partial charge is 0.0841 e. The molecule has 1 unspecified atom stereocenters. The molecule has 0 fully saturated rings. The molecule has 0 aliphatic carbocycles. The molecule has 0 aliphatic heterocycles. The van der Waals surface area contributed by atoms with Crippen LogP contribution < -0.4 is 5.32 Å². The number of benzene rings is 1. The summed E-state index contributed by atoms with van der Waals surface area (Å²) in [6.45, 7) is 6.86. The molecule has 104 valence electrons. The Hall–Kier alpha value is -1.39. The molecule has 4 heteroatoms. The summed E-state index contributed by atoms with van der Waals surface area (Å²) in [6, 6.07) is 8.38. The van der Waals surface area contributed by atoms with Crippen molar-refractivity contribution in [2.75, 3.05) is 13.7 Å². The van der Waals surface area contributed by atoms with Crippen LogP contribution in [-0.2, 0) is 17.8 Å². The maximum Gasteiger partial charge on any atom is 0.0841 e. The van der Waals surface area contributed by atoms with E-state index in [2.05, 4.69) is 43.4 Å². The van der Waals surface area contributed by atoms with Gasteiger partial charge < -0.3 is 10.1 Å². The standard InChI is InChI=1S/C15H23N3O/c1-4-9-16-10-14-13-7-5-6-8-15(13)18(17-14)11-12(2)19-3/h5-8,12,16H,4,9-11H2,1-3H3. The second-order valence-electron chi connectivity index (χ2n) is 4.87. The van der Waals surface area contributed by atoms with Gasteiger partial charge in [-0.2, -0.15) is 5.10 Å². The highest BCUT2D eigenvalue weighted by atomic mass is 16.5. The van der Waals surface area contributed by atoms with E-state index in [1.54, 1.807) is 7.11 Å². The highest BCUT2D eigenvalue weighted by molar-refractivity contribution is 5.81. The lowest BCUT2D eigenvalue weighted by atomic mass is 10.2. The molecule has 0 saturated carbocycles. The third-order valence-electron chi connectivity index (χ3n) is 3.29. The number of para-hydroxylation sites is 1. The van der Waals surface area contributed by atoms with Crippen molar-refractivity contribution < 1.29 is 4.74 Å². The Morgan fingerprint density at radius 2 is 2.16 bits per heavy atom. The normalized spacial score (nSPS) is 13.0. The van der Waals surface area contributed by atoms with Gasteiger partial charge in [-0.25, -0.2) is 0 Å². The van der Waals surface area contributed by atoms with E-state index in [9.17, 15) is 0 Å². The maximum atomic E-state index is 5.33. The molecule has 0 spiro atoms. The van der Waals surface area contributed by atoms with Crippen molar-refractivity contribution in [1.29, 1.82) is 0 Å². The summed E-state index contributed by atoms with van der Waals surface area (Å²) in [5.41, 5.74) is 2.30. The summed E-state index contributed by atoms with van der Waals surface area (Å²) in [7, 11) is 1.74. The van der Waals surface area contributed by atoms with Crippen molar-refractivity contribution in [3.63, 3.8) is 0 Å². The van der Waals surface area contributed by atoms with Crippen molar-refractivity contribution in [3.8, 4) is 0 Å². The number of nitrogens with one attached hydrogen (secondary N) is 1. The minimum atomic E-state index is 0.166. The molecular formula is C15H23N3O. The predicted octanol–water partition coefficient (Wildman–Crippen LogP) is 2.57. The van der Waals surface area contributed by atoms with Gasteiger partial charge in [-0.3, -0.25) is 4.68 Å². The van der Waals surface area contributed by atoms with E-state index in [1.165, 1.54) is 10.9 Å². The minimum Gasteiger partial charge on any atom is -0.380 e. The van der Waals surface area contributed by atoms with Gasteiger partial charge in [0.05, 0.1) is 23.9 Å². The average molecular weight is 261 g/mol. The lowest BCUT2D eigenvalue weighted by Gasteiger charge is -2.10. The molecule has 2 rings (SSSR count). The molecule has 1 heterocycles. The SMILES string of the molecule is CCCNCc1nn(CC(C)OC)c2ccccc12. The minimum absolute atomic E-state index is 0.166. The first-order chi connectivity index (χ1) is 9.26. The van der Waals surface area contributed by atoms with Gasteiger partial charge >= 0.3 is 0 Å². The second kappa shape index (κ2) is 6.68. The van der Waals surface area contributed by atoms with Crippen LogP contribution in [0.3, 0.4) is 0 Å². The van der Waals surface area contributed by atoms with Crippen LogP contribution in [0.1, 0.15) is 26.0 Å². The number of fused-ring (bicyclic) bond motifs is 1. The van der Waals surface area contributed by atoms with Gasteiger partial charge in [-0.1, -0.05) is 25.1 Å². The van der Waals surface area contributed by atoms with E-state index in [1.807, 2.05) is 4.68 Å². The molecule has 0 radical (unpaired) electrons. The van der Waals surface area contributed by atoms with E-state index in [-0.39, 0.29) is 6.10 Å². The van der Waals surface area contributed by atoms with Crippen molar-refractivity contribution >= 4 is 10.9 Å². The first kappa shape index (κ1) is 14.0. The molecular weight excluding hydrogens is 238 g/mol. The largest absolute Gasteiger partial charge is 0.380 e. The van der Waals surface area contributed by atoms with Crippen LogP contribution in [0.2, 0.25) is 0 Å². The highest BCUT2D eigenvalue weighted by Crippen LogP contribution is 2.18. The maximum absolute atomic E-state index is 5.33. The first-order valence-electron chi connectivity index (χ1n) is 6.94. The van der Waals surface area contributed by atoms with Crippen molar-refractivity contribution in [1.82, 2.24) is 15.1 Å². The van der Waals surface area contributed by atoms with E-state index >= 15 is 0 Å². The zero-order valence-corrected chi connectivity index (χ0v) is 12.0. The molecule has 0 aliphatic rings. The van der Waals surface area contributed by atoms with E-state index < -0.39 is 0 Å². The lowest BCUT2D eigenvalue weighted by Crippen LogP contribution is -2.17. The Balaban J connectivity index is 2.26. The van der Waals surface area contributed by atoms with E-state index in [0.29, 0.717) is 0 Å². The van der Waals surface area contributed by atoms with Crippen LogP contribution >= 0.6 is 0 Å². The summed E-state index contributed by atoms with van der Waals surface area (Å²) in [5.74, 6) is 0. The molecule has 2 aromatic rings. The Bertz CT molecular complexity index is 521. The zero-order valence-electron chi connectivity index (χ0n) is 12.0. The number of aromatic nitrogens is 2. The number of methoxy groups -OCH3 is 1. The van der Waals surface area contributed by atoms with Gasteiger partial charge in [0.15, 0.2) is 0 Å². The highest BCUT2D eigenvalue weighted by Gasteiger charge is 2.11. The lowest BCUT2D eigenvalue weighted by molar-refractivity contribution is 0.101. The molecule has 19 heavy (non-hydrogen) atoms.